The third-order valence-electron chi connectivity index (χ3n) is 17.1. The van der Waals surface area contributed by atoms with E-state index in [0.717, 1.165) is 151 Å². The normalized spacial score (nSPS) is 11.2. The van der Waals surface area contributed by atoms with E-state index in [9.17, 15) is 30.6 Å². The smallest absolute Gasteiger partial charge is 0.0682 e. The first kappa shape index (κ1) is 60.9. The van der Waals surface area contributed by atoms with E-state index in [1.165, 1.54) is 0 Å². The summed E-state index contributed by atoms with van der Waals surface area (Å²) in [5, 5.41) is 61.0. The highest BCUT2D eigenvalue weighted by Crippen LogP contribution is 2.48. The number of rotatable bonds is 21. The maximum atomic E-state index is 10.2. The summed E-state index contributed by atoms with van der Waals surface area (Å²) >= 11 is 0. The predicted octanol–water partition coefficient (Wildman–Crippen LogP) is 19.1. The van der Waals surface area contributed by atoms with Gasteiger partial charge in [0.15, 0.2) is 0 Å². The highest BCUT2D eigenvalue weighted by atomic mass is 16.3. The molecule has 9 heteroatoms. The number of anilines is 9. The molecule has 0 saturated heterocycles. The molecule has 456 valence electrons. The molecule has 0 saturated carbocycles. The molecule has 9 nitrogen and oxygen atoms in total. The highest BCUT2D eigenvalue weighted by Gasteiger charge is 2.24. The molecule has 13 aromatic carbocycles. The Balaban J connectivity index is 1.05. The molecule has 0 aliphatic carbocycles. The number of benzene rings is 13. The van der Waals surface area contributed by atoms with E-state index in [4.69, 9.17) is 0 Å². The molecule has 6 N–H and O–H groups in total. The molecule has 0 spiro atoms. The minimum atomic E-state index is -0.0662. The molecular formula is C84H69N3O6. The molecule has 93 heavy (non-hydrogen) atoms. The van der Waals surface area contributed by atoms with Crippen molar-refractivity contribution >= 4 is 51.2 Å². The van der Waals surface area contributed by atoms with Gasteiger partial charge >= 0.3 is 0 Å². The fourth-order valence-corrected chi connectivity index (χ4v) is 12.2. The summed E-state index contributed by atoms with van der Waals surface area (Å²) in [4.78, 5) is 6.86. The Hall–Kier alpha value is -11.0. The summed E-state index contributed by atoms with van der Waals surface area (Å²) in [6.07, 6.45) is 0. The summed E-state index contributed by atoms with van der Waals surface area (Å²) in [6, 6.07) is 106. The lowest BCUT2D eigenvalue weighted by atomic mass is 10.0. The van der Waals surface area contributed by atoms with E-state index < -0.39 is 0 Å². The van der Waals surface area contributed by atoms with Gasteiger partial charge in [-0.15, -0.1) is 0 Å². The van der Waals surface area contributed by atoms with Crippen molar-refractivity contribution in [3.63, 3.8) is 0 Å². The van der Waals surface area contributed by atoms with Crippen LogP contribution in [0.1, 0.15) is 33.4 Å². The third-order valence-corrected chi connectivity index (χ3v) is 17.1. The average molecular weight is 1220 g/mol. The van der Waals surface area contributed by atoms with Gasteiger partial charge in [-0.05, 0) is 228 Å². The molecule has 0 heterocycles. The summed E-state index contributed by atoms with van der Waals surface area (Å²) in [6.45, 7) is -0.397. The summed E-state index contributed by atoms with van der Waals surface area (Å²) in [5.41, 5.74) is 24.7. The SMILES string of the molecule is OCc1cccc(-c2ccc(N(c3ccc(-c4cccc(CO)c4)cc3)c3cc(N(c4ccc(-c5cccc(CO)c5)cc4)c4ccc(-c5cccc(CO)c5)cc4)cc(N(c4ccc(-c5cccc(CO)c5)cc4)c4ccc(-c5cccc(CO)c5)cc4)c3)cc2)c1. The van der Waals surface area contributed by atoms with Crippen LogP contribution in [0.2, 0.25) is 0 Å². The fourth-order valence-electron chi connectivity index (χ4n) is 12.2. The van der Waals surface area contributed by atoms with Gasteiger partial charge in [0, 0.05) is 34.1 Å². The minimum absolute atomic E-state index is 0.0662. The molecule has 0 bridgehead atoms. The zero-order valence-corrected chi connectivity index (χ0v) is 51.2. The zero-order valence-electron chi connectivity index (χ0n) is 51.2. The molecule has 13 aromatic rings. The van der Waals surface area contributed by atoms with Gasteiger partial charge in [-0.1, -0.05) is 182 Å². The van der Waals surface area contributed by atoms with Gasteiger partial charge in [-0.3, -0.25) is 0 Å². The Bertz CT molecular complexity index is 3930. The number of nitrogens with zero attached hydrogens (tertiary/aromatic N) is 3. The third kappa shape index (κ3) is 13.6. The molecule has 0 aliphatic rings. The largest absolute Gasteiger partial charge is 0.392 e. The van der Waals surface area contributed by atoms with Crippen molar-refractivity contribution in [2.45, 2.75) is 39.6 Å². The molecule has 0 fully saturated rings. The average Bonchev–Trinajstić information content (AvgIpc) is 0.886. The van der Waals surface area contributed by atoms with Crippen molar-refractivity contribution in [2.75, 3.05) is 14.7 Å². The van der Waals surface area contributed by atoms with Crippen LogP contribution in [0.15, 0.2) is 309 Å². The Labute approximate surface area is 542 Å². The van der Waals surface area contributed by atoms with Crippen LogP contribution in [0.3, 0.4) is 0 Å². The number of aliphatic hydroxyl groups excluding tert-OH is 6. The van der Waals surface area contributed by atoms with E-state index in [-0.39, 0.29) is 39.6 Å². The summed E-state index contributed by atoms with van der Waals surface area (Å²) in [5.74, 6) is 0. The Kier molecular flexibility index (Phi) is 18.4. The first-order valence-corrected chi connectivity index (χ1v) is 31.1. The van der Waals surface area contributed by atoms with Crippen molar-refractivity contribution in [1.82, 2.24) is 0 Å². The van der Waals surface area contributed by atoms with Crippen LogP contribution in [0, 0.1) is 0 Å². The summed E-state index contributed by atoms with van der Waals surface area (Å²) < 4.78 is 0. The molecule has 0 aromatic heterocycles. The van der Waals surface area contributed by atoms with Crippen LogP contribution in [-0.4, -0.2) is 30.6 Å². The molecule has 0 atom stereocenters. The fraction of sp³-hybridized carbons (Fsp3) is 0.0714. The van der Waals surface area contributed by atoms with Gasteiger partial charge in [0.1, 0.15) is 0 Å². The van der Waals surface area contributed by atoms with E-state index >= 15 is 0 Å². The molecule has 0 amide bonds. The van der Waals surface area contributed by atoms with Crippen molar-refractivity contribution in [3.05, 3.63) is 343 Å². The van der Waals surface area contributed by atoms with Crippen LogP contribution in [0.5, 0.6) is 0 Å². The lowest BCUT2D eigenvalue weighted by Gasteiger charge is -2.33. The van der Waals surface area contributed by atoms with Gasteiger partial charge in [0.2, 0.25) is 0 Å². The zero-order chi connectivity index (χ0) is 63.6. The first-order valence-electron chi connectivity index (χ1n) is 31.1. The van der Waals surface area contributed by atoms with Gasteiger partial charge in [0.25, 0.3) is 0 Å². The monoisotopic (exact) mass is 1220 g/mol. The lowest BCUT2D eigenvalue weighted by Crippen LogP contribution is -2.16. The number of hydrogen-bond acceptors (Lipinski definition) is 9. The topological polar surface area (TPSA) is 131 Å². The quantitative estimate of drug-likeness (QED) is 0.0416. The second-order valence-corrected chi connectivity index (χ2v) is 23.1. The molecular weight excluding hydrogens is 1150 g/mol. The maximum absolute atomic E-state index is 10.2. The van der Waals surface area contributed by atoms with E-state index in [2.05, 4.69) is 215 Å². The van der Waals surface area contributed by atoms with Crippen molar-refractivity contribution < 1.29 is 30.6 Å². The standard InChI is InChI=1S/C84H69N3O6/c88-52-58-7-1-13-70(43-58)64-19-31-76(32-20-64)85(77-33-21-65(22-34-77)71-14-2-8-59(44-71)53-89)82-49-83(86(78-35-23-66(24-36-78)72-15-3-9-60(45-72)54-90)79-37-25-67(26-38-79)73-16-4-10-61(46-73)55-91)51-84(50-82)87(80-39-27-68(28-40-80)74-17-5-11-62(47-74)56-92)81-41-29-69(30-42-81)75-18-6-12-63(48-75)57-93/h1-51,88-93H,52-57H2. The Morgan fingerprint density at radius 3 is 0.441 bits per heavy atom. The van der Waals surface area contributed by atoms with E-state index in [1.54, 1.807) is 0 Å². The molecule has 0 radical (unpaired) electrons. The number of hydrogen-bond donors (Lipinski definition) is 6. The van der Waals surface area contributed by atoms with Crippen LogP contribution >= 0.6 is 0 Å². The molecule has 0 unspecified atom stereocenters. The summed E-state index contributed by atoms with van der Waals surface area (Å²) in [7, 11) is 0. The minimum Gasteiger partial charge on any atom is -0.392 e. The Morgan fingerprint density at radius 1 is 0.151 bits per heavy atom. The highest BCUT2D eigenvalue weighted by molar-refractivity contribution is 5.91. The van der Waals surface area contributed by atoms with Crippen molar-refractivity contribution in [2.24, 2.45) is 0 Å². The van der Waals surface area contributed by atoms with Gasteiger partial charge in [-0.25, -0.2) is 0 Å². The first-order chi connectivity index (χ1) is 45.7. The number of aliphatic hydroxyl groups is 6. The second-order valence-electron chi connectivity index (χ2n) is 23.1. The van der Waals surface area contributed by atoms with E-state index in [0.29, 0.717) is 0 Å². The van der Waals surface area contributed by atoms with E-state index in [1.807, 2.05) is 109 Å². The Morgan fingerprint density at radius 2 is 0.301 bits per heavy atom. The van der Waals surface area contributed by atoms with Crippen molar-refractivity contribution in [3.8, 4) is 66.8 Å². The van der Waals surface area contributed by atoms with Crippen LogP contribution in [-0.2, 0) is 39.6 Å². The maximum Gasteiger partial charge on any atom is 0.0682 e. The lowest BCUT2D eigenvalue weighted by molar-refractivity contribution is 0.281. The van der Waals surface area contributed by atoms with Gasteiger partial charge < -0.3 is 45.3 Å². The van der Waals surface area contributed by atoms with Gasteiger partial charge in [0.05, 0.1) is 56.7 Å². The second kappa shape index (κ2) is 28.0. The van der Waals surface area contributed by atoms with Crippen LogP contribution < -0.4 is 14.7 Å². The predicted molar refractivity (Wildman–Crippen MR) is 379 cm³/mol. The molecule has 13 rings (SSSR count). The van der Waals surface area contributed by atoms with Crippen LogP contribution in [0.25, 0.3) is 66.8 Å². The van der Waals surface area contributed by atoms with Crippen molar-refractivity contribution in [1.29, 1.82) is 0 Å². The van der Waals surface area contributed by atoms with Crippen LogP contribution in [0.4, 0.5) is 51.2 Å². The molecule has 0 aliphatic heterocycles. The van der Waals surface area contributed by atoms with Gasteiger partial charge in [-0.2, -0.15) is 0 Å².